The molecule has 0 N–H and O–H groups in total. The molecule has 5 aromatic rings. The van der Waals surface area contributed by atoms with Gasteiger partial charge in [-0.25, -0.2) is 0 Å². The fourth-order valence-corrected chi connectivity index (χ4v) is 3.26. The van der Waals surface area contributed by atoms with Gasteiger partial charge in [-0.1, -0.05) is 96.9 Å². The zero-order chi connectivity index (χ0) is 23.4. The lowest BCUT2D eigenvalue weighted by molar-refractivity contribution is 1.64. The molecular formula is C26H18. The predicted octanol–water partition coefficient (Wildman–Crippen LogP) is 7.33. The fourth-order valence-electron chi connectivity index (χ4n) is 3.26. The van der Waals surface area contributed by atoms with E-state index in [-0.39, 0.29) is 47.7 Å². The minimum atomic E-state index is -0.351. The largest absolute Gasteiger partial charge is 0.0636 e. The van der Waals surface area contributed by atoms with Crippen LogP contribution in [-0.2, 0) is 0 Å². The Balaban J connectivity index is 2.11. The third-order valence-corrected chi connectivity index (χ3v) is 4.47. The van der Waals surface area contributed by atoms with Crippen LogP contribution in [0.3, 0.4) is 0 Å². The highest BCUT2D eigenvalue weighted by molar-refractivity contribution is 6.13. The Hall–Kier alpha value is -3.38. The Bertz CT molecular complexity index is 1560. The SMILES string of the molecule is [2H]c1c([2H])c([2H])c2c(-c3ccccc3)c3c([2H])c(-c4ccccc4)c([2H])c([2H])c3cc2c1[2H]. The van der Waals surface area contributed by atoms with Gasteiger partial charge in [0, 0.05) is 0 Å². The van der Waals surface area contributed by atoms with E-state index < -0.39 is 0 Å². The van der Waals surface area contributed by atoms with E-state index in [1.54, 1.807) is 12.1 Å². The molecular weight excluding hydrogens is 312 g/mol. The van der Waals surface area contributed by atoms with Crippen molar-refractivity contribution >= 4 is 21.5 Å². The number of hydrogen-bond acceptors (Lipinski definition) is 0. The molecule has 0 saturated heterocycles. The average molecular weight is 337 g/mol. The van der Waals surface area contributed by atoms with Gasteiger partial charge in [-0.15, -0.1) is 0 Å². The molecule has 0 aliphatic rings. The molecule has 0 aliphatic carbocycles. The molecule has 0 spiro atoms. The van der Waals surface area contributed by atoms with Gasteiger partial charge >= 0.3 is 0 Å². The van der Waals surface area contributed by atoms with Crippen molar-refractivity contribution in [2.45, 2.75) is 0 Å². The van der Waals surface area contributed by atoms with Crippen LogP contribution in [0.15, 0.2) is 109 Å². The molecule has 0 atom stereocenters. The van der Waals surface area contributed by atoms with Crippen LogP contribution in [-0.4, -0.2) is 0 Å². The maximum absolute atomic E-state index is 9.10. The minimum absolute atomic E-state index is 0.0605. The summed E-state index contributed by atoms with van der Waals surface area (Å²) in [5.41, 5.74) is 2.14. The molecule has 5 aromatic carbocycles. The number of benzene rings is 5. The molecule has 0 bridgehead atoms. The van der Waals surface area contributed by atoms with Crippen LogP contribution in [0.4, 0.5) is 0 Å². The molecule has 0 saturated carbocycles. The molecule has 122 valence electrons. The topological polar surface area (TPSA) is 0 Å². The van der Waals surface area contributed by atoms with E-state index in [1.165, 1.54) is 6.07 Å². The molecule has 0 heteroatoms. The molecule has 0 aliphatic heterocycles. The van der Waals surface area contributed by atoms with E-state index in [0.29, 0.717) is 38.4 Å². The quantitative estimate of drug-likeness (QED) is 0.296. The first-order chi connectivity index (χ1) is 15.8. The van der Waals surface area contributed by atoms with Gasteiger partial charge in [0.05, 0.1) is 9.60 Å². The Morgan fingerprint density at radius 1 is 0.538 bits per heavy atom. The summed E-state index contributed by atoms with van der Waals surface area (Å²) in [5.74, 6) is 0. The van der Waals surface area contributed by atoms with Crippen LogP contribution < -0.4 is 0 Å². The Morgan fingerprint density at radius 3 is 1.96 bits per heavy atom. The van der Waals surface area contributed by atoms with Gasteiger partial charge in [0.25, 0.3) is 0 Å². The van der Waals surface area contributed by atoms with Gasteiger partial charge < -0.3 is 0 Å². The van der Waals surface area contributed by atoms with E-state index >= 15 is 0 Å². The Kier molecular flexibility index (Phi) is 2.22. The normalized spacial score (nSPS) is 14.8. The van der Waals surface area contributed by atoms with Gasteiger partial charge in [0.2, 0.25) is 0 Å². The monoisotopic (exact) mass is 337 g/mol. The van der Waals surface area contributed by atoms with E-state index in [2.05, 4.69) is 0 Å². The van der Waals surface area contributed by atoms with Gasteiger partial charge in [0.15, 0.2) is 0 Å². The number of rotatable bonds is 2. The van der Waals surface area contributed by atoms with E-state index in [0.717, 1.165) is 0 Å². The van der Waals surface area contributed by atoms with Crippen molar-refractivity contribution in [1.29, 1.82) is 0 Å². The van der Waals surface area contributed by atoms with Crippen molar-refractivity contribution in [3.8, 4) is 22.3 Å². The first-order valence-corrected chi connectivity index (χ1v) is 8.40. The second-order valence-electron chi connectivity index (χ2n) is 6.08. The van der Waals surface area contributed by atoms with E-state index in [4.69, 9.17) is 9.60 Å². The molecule has 0 radical (unpaired) electrons. The highest BCUT2D eigenvalue weighted by Gasteiger charge is 2.10. The van der Waals surface area contributed by atoms with Crippen LogP contribution in [0.25, 0.3) is 43.8 Å². The predicted molar refractivity (Wildman–Crippen MR) is 112 cm³/mol. The van der Waals surface area contributed by atoms with Crippen molar-refractivity contribution in [2.75, 3.05) is 0 Å². The Morgan fingerprint density at radius 2 is 1.19 bits per heavy atom. The molecule has 0 fully saturated rings. The van der Waals surface area contributed by atoms with Crippen LogP contribution in [0.5, 0.6) is 0 Å². The standard InChI is InChI=1S/C26H18/c1-3-9-19(10-4-1)21-15-16-23-17-22-13-7-8-14-24(22)26(25(23)18-21)20-11-5-2-6-12-20/h1-18H/i7D,8D,13D,14D,15D,16D,18D. The van der Waals surface area contributed by atoms with Crippen LogP contribution in [0.1, 0.15) is 9.60 Å². The summed E-state index contributed by atoms with van der Waals surface area (Å²) in [5, 5.41) is 1.30. The van der Waals surface area contributed by atoms with Crippen molar-refractivity contribution in [1.82, 2.24) is 0 Å². The summed E-state index contributed by atoms with van der Waals surface area (Å²) >= 11 is 0. The highest BCUT2D eigenvalue weighted by atomic mass is 14.1. The summed E-state index contributed by atoms with van der Waals surface area (Å²) in [7, 11) is 0. The summed E-state index contributed by atoms with van der Waals surface area (Å²) in [6.45, 7) is 0. The fraction of sp³-hybridized carbons (Fsp3) is 0. The van der Waals surface area contributed by atoms with Crippen LogP contribution in [0, 0.1) is 0 Å². The smallest absolute Gasteiger partial charge is 0.0622 e. The molecule has 26 heavy (non-hydrogen) atoms. The minimum Gasteiger partial charge on any atom is -0.0622 e. The van der Waals surface area contributed by atoms with Gasteiger partial charge in [-0.3, -0.25) is 0 Å². The molecule has 5 rings (SSSR count). The van der Waals surface area contributed by atoms with Crippen molar-refractivity contribution in [2.24, 2.45) is 0 Å². The van der Waals surface area contributed by atoms with E-state index in [9.17, 15) is 0 Å². The molecule has 0 heterocycles. The zero-order valence-corrected chi connectivity index (χ0v) is 13.9. The van der Waals surface area contributed by atoms with E-state index in [1.807, 2.05) is 48.5 Å². The zero-order valence-electron chi connectivity index (χ0n) is 20.9. The van der Waals surface area contributed by atoms with Gasteiger partial charge in [-0.05, 0) is 55.9 Å². The third kappa shape index (κ3) is 2.48. The summed E-state index contributed by atoms with van der Waals surface area (Å²) < 4.78 is 60.0. The van der Waals surface area contributed by atoms with Crippen molar-refractivity contribution in [3.63, 3.8) is 0 Å². The van der Waals surface area contributed by atoms with Gasteiger partial charge in [0.1, 0.15) is 0 Å². The highest BCUT2D eigenvalue weighted by Crippen LogP contribution is 2.38. The maximum Gasteiger partial charge on any atom is 0.0636 e. The lowest BCUT2D eigenvalue weighted by Crippen LogP contribution is -1.87. The van der Waals surface area contributed by atoms with Crippen LogP contribution in [0.2, 0.25) is 0 Å². The summed E-state index contributed by atoms with van der Waals surface area (Å²) in [6.07, 6.45) is 0. The number of fused-ring (bicyclic) bond motifs is 2. The lowest BCUT2D eigenvalue weighted by atomic mass is 9.90. The Labute approximate surface area is 163 Å². The van der Waals surface area contributed by atoms with Gasteiger partial charge in [-0.2, -0.15) is 0 Å². The first-order valence-electron chi connectivity index (χ1n) is 11.9. The second kappa shape index (κ2) is 6.16. The first kappa shape index (κ1) is 9.35. The molecule has 0 nitrogen and oxygen atoms in total. The third-order valence-electron chi connectivity index (χ3n) is 4.47. The maximum atomic E-state index is 9.10. The summed E-state index contributed by atoms with van der Waals surface area (Å²) in [6, 6.07) is 18.6. The average Bonchev–Trinajstić information content (AvgIpc) is 2.85. The number of hydrogen-bond donors (Lipinski definition) is 0. The van der Waals surface area contributed by atoms with Crippen LogP contribution >= 0.6 is 0 Å². The molecule has 0 unspecified atom stereocenters. The molecule has 0 amide bonds. The second-order valence-corrected chi connectivity index (χ2v) is 6.08. The lowest BCUT2D eigenvalue weighted by Gasteiger charge is -2.13. The molecule has 0 aromatic heterocycles. The van der Waals surface area contributed by atoms with Crippen molar-refractivity contribution < 1.29 is 9.60 Å². The summed E-state index contributed by atoms with van der Waals surface area (Å²) in [4.78, 5) is 0. The van der Waals surface area contributed by atoms with Crippen molar-refractivity contribution in [3.05, 3.63) is 109 Å².